The minimum Gasteiger partial charge on any atom is -0.389 e. The van der Waals surface area contributed by atoms with Gasteiger partial charge in [-0.05, 0) is 30.7 Å². The second-order valence-corrected chi connectivity index (χ2v) is 5.11. The van der Waals surface area contributed by atoms with Crippen LogP contribution in [0.15, 0.2) is 30.6 Å². The predicted molar refractivity (Wildman–Crippen MR) is 84.7 cm³/mol. The van der Waals surface area contributed by atoms with Gasteiger partial charge in [0.25, 0.3) is 0 Å². The van der Waals surface area contributed by atoms with Crippen LogP contribution in [0.1, 0.15) is 24.7 Å². The molecule has 0 saturated heterocycles. The number of hydrogen-bond acceptors (Lipinski definition) is 4. The summed E-state index contributed by atoms with van der Waals surface area (Å²) in [7, 11) is 2.03. The van der Waals surface area contributed by atoms with E-state index in [4.69, 9.17) is 18.0 Å². The lowest BCUT2D eigenvalue weighted by Crippen LogP contribution is -2.20. The number of anilines is 1. The molecule has 0 bridgehead atoms. The number of nitrogens with two attached hydrogens (primary N) is 1. The van der Waals surface area contributed by atoms with Crippen LogP contribution in [0.25, 0.3) is 0 Å². The van der Waals surface area contributed by atoms with E-state index in [9.17, 15) is 0 Å². The van der Waals surface area contributed by atoms with Crippen molar-refractivity contribution < 1.29 is 0 Å². The summed E-state index contributed by atoms with van der Waals surface area (Å²) in [5.74, 6) is 0.966. The van der Waals surface area contributed by atoms with E-state index in [0.717, 1.165) is 30.0 Å². The van der Waals surface area contributed by atoms with Crippen molar-refractivity contribution in [1.82, 2.24) is 14.8 Å². The first-order chi connectivity index (χ1) is 9.61. The van der Waals surface area contributed by atoms with Gasteiger partial charge in [0.2, 0.25) is 0 Å². The zero-order valence-corrected chi connectivity index (χ0v) is 12.6. The van der Waals surface area contributed by atoms with Gasteiger partial charge in [0.1, 0.15) is 17.1 Å². The van der Waals surface area contributed by atoms with Crippen LogP contribution in [0.3, 0.4) is 0 Å². The Kier molecular flexibility index (Phi) is 4.68. The molecule has 1 heterocycles. The number of rotatable bonds is 6. The summed E-state index contributed by atoms with van der Waals surface area (Å²) in [6.07, 6.45) is 2.65. The molecule has 0 radical (unpaired) electrons. The highest BCUT2D eigenvalue weighted by atomic mass is 32.1. The number of hydrogen-bond donors (Lipinski definition) is 1. The predicted octanol–water partition coefficient (Wildman–Crippen LogP) is 1.96. The monoisotopic (exact) mass is 289 g/mol. The molecule has 1 aromatic heterocycles. The number of benzene rings is 1. The van der Waals surface area contributed by atoms with E-state index in [0.29, 0.717) is 11.5 Å². The molecule has 6 heteroatoms. The Morgan fingerprint density at radius 3 is 2.65 bits per heavy atom. The minimum atomic E-state index is 0.418. The summed E-state index contributed by atoms with van der Waals surface area (Å²) in [6, 6.07) is 7.89. The van der Waals surface area contributed by atoms with E-state index in [1.54, 1.807) is 6.33 Å². The normalized spacial score (nSPS) is 10.5. The zero-order chi connectivity index (χ0) is 14.5. The third-order valence-electron chi connectivity index (χ3n) is 3.10. The van der Waals surface area contributed by atoms with Gasteiger partial charge in [-0.15, -0.1) is 0 Å². The van der Waals surface area contributed by atoms with Crippen molar-refractivity contribution in [2.24, 2.45) is 5.73 Å². The highest BCUT2D eigenvalue weighted by Crippen LogP contribution is 2.16. The first-order valence-corrected chi connectivity index (χ1v) is 7.00. The fourth-order valence-corrected chi connectivity index (χ4v) is 2.13. The first-order valence-electron chi connectivity index (χ1n) is 6.59. The molecule has 2 rings (SSSR count). The SMILES string of the molecule is CCCn1ncnc1CN(C)c1ccc(C(N)=S)cc1. The van der Waals surface area contributed by atoms with Crippen LogP contribution in [0.5, 0.6) is 0 Å². The highest BCUT2D eigenvalue weighted by Gasteiger charge is 2.08. The zero-order valence-electron chi connectivity index (χ0n) is 11.8. The smallest absolute Gasteiger partial charge is 0.146 e. The van der Waals surface area contributed by atoms with Gasteiger partial charge in [0, 0.05) is 24.8 Å². The lowest BCUT2D eigenvalue weighted by Gasteiger charge is -2.19. The Hall–Kier alpha value is -1.95. The first kappa shape index (κ1) is 14.5. The van der Waals surface area contributed by atoms with E-state index >= 15 is 0 Å². The van der Waals surface area contributed by atoms with Crippen molar-refractivity contribution in [3.05, 3.63) is 42.0 Å². The minimum absolute atomic E-state index is 0.418. The standard InChI is InChI=1S/C14H19N5S/c1-3-8-19-13(16-10-17-19)9-18(2)12-6-4-11(5-7-12)14(15)20/h4-7,10H,3,8-9H2,1-2H3,(H2,15,20). The maximum absolute atomic E-state index is 5.60. The molecule has 0 aliphatic rings. The second kappa shape index (κ2) is 6.47. The lowest BCUT2D eigenvalue weighted by molar-refractivity contribution is 0.566. The van der Waals surface area contributed by atoms with Crippen LogP contribution in [-0.2, 0) is 13.1 Å². The number of aromatic nitrogens is 3. The van der Waals surface area contributed by atoms with E-state index in [-0.39, 0.29) is 0 Å². The van der Waals surface area contributed by atoms with Gasteiger partial charge < -0.3 is 10.6 Å². The summed E-state index contributed by atoms with van der Waals surface area (Å²) in [5.41, 5.74) is 7.57. The van der Waals surface area contributed by atoms with Gasteiger partial charge in [-0.2, -0.15) is 5.10 Å². The Labute approximate surface area is 124 Å². The topological polar surface area (TPSA) is 60.0 Å². The molecule has 0 aliphatic heterocycles. The molecule has 106 valence electrons. The number of thiocarbonyl (C=S) groups is 1. The maximum atomic E-state index is 5.60. The largest absolute Gasteiger partial charge is 0.389 e. The average molecular weight is 289 g/mol. The molecule has 0 atom stereocenters. The van der Waals surface area contributed by atoms with Crippen LogP contribution < -0.4 is 10.6 Å². The van der Waals surface area contributed by atoms with Crippen LogP contribution in [0.2, 0.25) is 0 Å². The van der Waals surface area contributed by atoms with Gasteiger partial charge in [-0.3, -0.25) is 0 Å². The summed E-state index contributed by atoms with van der Waals surface area (Å²) < 4.78 is 1.94. The lowest BCUT2D eigenvalue weighted by atomic mass is 10.2. The highest BCUT2D eigenvalue weighted by molar-refractivity contribution is 7.80. The van der Waals surface area contributed by atoms with Gasteiger partial charge >= 0.3 is 0 Å². The molecule has 0 unspecified atom stereocenters. The van der Waals surface area contributed by atoms with E-state index in [2.05, 4.69) is 21.9 Å². The Balaban J connectivity index is 2.09. The van der Waals surface area contributed by atoms with Crippen LogP contribution in [0.4, 0.5) is 5.69 Å². The molecule has 2 aromatic rings. The molecule has 1 aromatic carbocycles. The van der Waals surface area contributed by atoms with Crippen molar-refractivity contribution in [3.63, 3.8) is 0 Å². The maximum Gasteiger partial charge on any atom is 0.146 e. The van der Waals surface area contributed by atoms with Gasteiger partial charge in [-0.25, -0.2) is 9.67 Å². The van der Waals surface area contributed by atoms with Crippen molar-refractivity contribution in [1.29, 1.82) is 0 Å². The molecule has 0 aliphatic carbocycles. The number of nitrogens with zero attached hydrogens (tertiary/aromatic N) is 4. The molecule has 20 heavy (non-hydrogen) atoms. The van der Waals surface area contributed by atoms with E-state index in [1.165, 1.54) is 0 Å². The fourth-order valence-electron chi connectivity index (χ4n) is 1.99. The molecule has 0 fully saturated rings. The molecular formula is C14H19N5S. The third kappa shape index (κ3) is 3.33. The molecule has 0 amide bonds. The van der Waals surface area contributed by atoms with E-state index < -0.39 is 0 Å². The molecule has 2 N–H and O–H groups in total. The molecule has 0 spiro atoms. The van der Waals surface area contributed by atoms with Gasteiger partial charge in [-0.1, -0.05) is 19.1 Å². The Morgan fingerprint density at radius 2 is 2.05 bits per heavy atom. The van der Waals surface area contributed by atoms with Crippen molar-refractivity contribution in [2.45, 2.75) is 26.4 Å². The molecule has 0 saturated carbocycles. The Bertz CT molecular complexity index is 576. The third-order valence-corrected chi connectivity index (χ3v) is 3.34. The molecular weight excluding hydrogens is 270 g/mol. The van der Waals surface area contributed by atoms with Gasteiger partial charge in [0.15, 0.2) is 0 Å². The van der Waals surface area contributed by atoms with Crippen LogP contribution in [0, 0.1) is 0 Å². The summed E-state index contributed by atoms with van der Waals surface area (Å²) in [5, 5.41) is 4.24. The van der Waals surface area contributed by atoms with Gasteiger partial charge in [0.05, 0.1) is 6.54 Å². The summed E-state index contributed by atoms with van der Waals surface area (Å²) in [4.78, 5) is 6.86. The fraction of sp³-hybridized carbons (Fsp3) is 0.357. The summed E-state index contributed by atoms with van der Waals surface area (Å²) >= 11 is 4.95. The van der Waals surface area contributed by atoms with Crippen LogP contribution >= 0.6 is 12.2 Å². The molecule has 5 nitrogen and oxygen atoms in total. The van der Waals surface area contributed by atoms with E-state index in [1.807, 2.05) is 36.0 Å². The van der Waals surface area contributed by atoms with Crippen LogP contribution in [-0.4, -0.2) is 26.8 Å². The average Bonchev–Trinajstić information content (AvgIpc) is 2.86. The second-order valence-electron chi connectivity index (χ2n) is 4.67. The van der Waals surface area contributed by atoms with Crippen molar-refractivity contribution >= 4 is 22.9 Å². The quantitative estimate of drug-likeness (QED) is 0.824. The van der Waals surface area contributed by atoms with Crippen molar-refractivity contribution in [3.8, 4) is 0 Å². The number of aryl methyl sites for hydroxylation is 1. The Morgan fingerprint density at radius 1 is 1.35 bits per heavy atom. The van der Waals surface area contributed by atoms with Crippen molar-refractivity contribution in [2.75, 3.05) is 11.9 Å². The summed E-state index contributed by atoms with van der Waals surface area (Å²) in [6.45, 7) is 3.74.